The fraction of sp³-hybridized carbons (Fsp3) is 0.500. The van der Waals surface area contributed by atoms with Crippen LogP contribution in [0.25, 0.3) is 0 Å². The molecular formula is C16H24O3. The second-order valence-electron chi connectivity index (χ2n) is 4.64. The third-order valence-corrected chi connectivity index (χ3v) is 3.41. The van der Waals surface area contributed by atoms with Gasteiger partial charge in [0.1, 0.15) is 6.29 Å². The number of carbonyl (C=O) groups excluding carboxylic acids is 2. The molecule has 0 aliphatic heterocycles. The summed E-state index contributed by atoms with van der Waals surface area (Å²) in [6, 6.07) is 0. The maximum Gasteiger partial charge on any atom is 0.312 e. The monoisotopic (exact) mass is 264 g/mol. The predicted octanol–water partition coefficient (Wildman–Crippen LogP) is 3.47. The SMILES string of the molecule is C=C/C=C(\C=C/C)C(CC)C(C)(CC=O)C(=O)OC. The summed E-state index contributed by atoms with van der Waals surface area (Å²) in [5.41, 5.74) is 0.134. The molecule has 0 saturated heterocycles. The Morgan fingerprint density at radius 3 is 2.47 bits per heavy atom. The number of hydrogen-bond donors (Lipinski definition) is 0. The minimum absolute atomic E-state index is 0.0839. The molecule has 0 rings (SSSR count). The van der Waals surface area contributed by atoms with Crippen LogP contribution in [0.4, 0.5) is 0 Å². The molecule has 0 aromatic heterocycles. The molecule has 0 spiro atoms. The van der Waals surface area contributed by atoms with Crippen molar-refractivity contribution in [3.05, 3.63) is 36.5 Å². The van der Waals surface area contributed by atoms with Crippen LogP contribution >= 0.6 is 0 Å². The van der Waals surface area contributed by atoms with Crippen molar-refractivity contribution >= 4 is 12.3 Å². The van der Waals surface area contributed by atoms with Gasteiger partial charge in [-0.25, -0.2) is 0 Å². The van der Waals surface area contributed by atoms with Crippen LogP contribution in [0.3, 0.4) is 0 Å². The van der Waals surface area contributed by atoms with E-state index in [-0.39, 0.29) is 18.3 Å². The van der Waals surface area contributed by atoms with Gasteiger partial charge in [-0.05, 0) is 31.8 Å². The minimum atomic E-state index is -0.848. The molecule has 3 heteroatoms. The Labute approximate surface area is 116 Å². The first-order valence-corrected chi connectivity index (χ1v) is 6.49. The lowest BCUT2D eigenvalue weighted by atomic mass is 9.69. The van der Waals surface area contributed by atoms with Gasteiger partial charge in [0.15, 0.2) is 0 Å². The van der Waals surface area contributed by atoms with Crippen LogP contribution in [-0.2, 0) is 14.3 Å². The normalized spacial score (nSPS) is 16.7. The van der Waals surface area contributed by atoms with E-state index >= 15 is 0 Å². The van der Waals surface area contributed by atoms with Gasteiger partial charge >= 0.3 is 5.97 Å². The van der Waals surface area contributed by atoms with E-state index in [1.165, 1.54) is 7.11 Å². The van der Waals surface area contributed by atoms with Gasteiger partial charge in [0.2, 0.25) is 0 Å². The van der Waals surface area contributed by atoms with E-state index in [0.717, 1.165) is 18.3 Å². The summed E-state index contributed by atoms with van der Waals surface area (Å²) in [4.78, 5) is 23.0. The molecule has 0 heterocycles. The number of aldehydes is 1. The molecule has 0 aromatic rings. The Morgan fingerprint density at radius 1 is 1.47 bits per heavy atom. The summed E-state index contributed by atoms with van der Waals surface area (Å²) in [6.07, 6.45) is 9.09. The third-order valence-electron chi connectivity index (χ3n) is 3.41. The van der Waals surface area contributed by atoms with E-state index in [9.17, 15) is 9.59 Å². The van der Waals surface area contributed by atoms with Crippen LogP contribution < -0.4 is 0 Å². The quantitative estimate of drug-likeness (QED) is 0.383. The number of ether oxygens (including phenoxy) is 1. The Hall–Kier alpha value is -1.64. The van der Waals surface area contributed by atoms with Crippen molar-refractivity contribution in [1.82, 2.24) is 0 Å². The summed E-state index contributed by atoms with van der Waals surface area (Å²) in [5, 5.41) is 0. The average Bonchev–Trinajstić information content (AvgIpc) is 2.39. The first-order chi connectivity index (χ1) is 9.01. The second kappa shape index (κ2) is 8.46. The standard InChI is InChI=1S/C16H24O3/c1-6-9-13(10-7-2)14(8-3)16(4,11-12-17)15(18)19-5/h6-7,9-10,12,14H,1,8,11H2,2-5H3/b10-7-,13-9+. The highest BCUT2D eigenvalue weighted by Crippen LogP contribution is 2.39. The molecule has 0 radical (unpaired) electrons. The van der Waals surface area contributed by atoms with Gasteiger partial charge in [-0.15, -0.1) is 0 Å². The Morgan fingerprint density at radius 2 is 2.11 bits per heavy atom. The zero-order valence-corrected chi connectivity index (χ0v) is 12.3. The van der Waals surface area contributed by atoms with Gasteiger partial charge in [0.05, 0.1) is 12.5 Å². The zero-order chi connectivity index (χ0) is 14.9. The summed E-state index contributed by atoms with van der Waals surface area (Å²) >= 11 is 0. The zero-order valence-electron chi connectivity index (χ0n) is 12.3. The molecule has 2 unspecified atom stereocenters. The van der Waals surface area contributed by atoms with Crippen LogP contribution in [0, 0.1) is 11.3 Å². The van der Waals surface area contributed by atoms with E-state index in [4.69, 9.17) is 4.74 Å². The number of methoxy groups -OCH3 is 1. The topological polar surface area (TPSA) is 43.4 Å². The molecule has 0 fully saturated rings. The van der Waals surface area contributed by atoms with Crippen molar-refractivity contribution in [2.75, 3.05) is 7.11 Å². The Kier molecular flexibility index (Phi) is 7.73. The van der Waals surface area contributed by atoms with E-state index in [1.54, 1.807) is 13.0 Å². The second-order valence-corrected chi connectivity index (χ2v) is 4.64. The van der Waals surface area contributed by atoms with Crippen LogP contribution in [0.2, 0.25) is 0 Å². The molecule has 0 aromatic carbocycles. The molecule has 2 atom stereocenters. The molecule has 106 valence electrons. The average molecular weight is 264 g/mol. The molecule has 0 saturated carbocycles. The van der Waals surface area contributed by atoms with Gasteiger partial charge in [0, 0.05) is 6.42 Å². The maximum absolute atomic E-state index is 12.1. The molecule has 0 amide bonds. The van der Waals surface area contributed by atoms with E-state index in [2.05, 4.69) is 6.58 Å². The lowest BCUT2D eigenvalue weighted by Gasteiger charge is -2.34. The summed E-state index contributed by atoms with van der Waals surface area (Å²) < 4.78 is 4.88. The molecule has 0 bridgehead atoms. The number of esters is 1. The molecule has 0 aliphatic carbocycles. The molecular weight excluding hydrogens is 240 g/mol. The van der Waals surface area contributed by atoms with Crippen molar-refractivity contribution in [2.45, 2.75) is 33.6 Å². The van der Waals surface area contributed by atoms with Gasteiger partial charge in [-0.1, -0.05) is 37.8 Å². The van der Waals surface area contributed by atoms with Gasteiger partial charge < -0.3 is 9.53 Å². The third kappa shape index (κ3) is 4.19. The summed E-state index contributed by atoms with van der Waals surface area (Å²) in [7, 11) is 1.35. The minimum Gasteiger partial charge on any atom is -0.469 e. The molecule has 0 aliphatic rings. The fourth-order valence-corrected chi connectivity index (χ4v) is 2.44. The first kappa shape index (κ1) is 17.4. The fourth-order valence-electron chi connectivity index (χ4n) is 2.44. The highest BCUT2D eigenvalue weighted by molar-refractivity contribution is 5.80. The van der Waals surface area contributed by atoms with Gasteiger partial charge in [0.25, 0.3) is 0 Å². The van der Waals surface area contributed by atoms with Crippen LogP contribution in [0.1, 0.15) is 33.6 Å². The van der Waals surface area contributed by atoms with E-state index < -0.39 is 5.41 Å². The van der Waals surface area contributed by atoms with Crippen LogP contribution in [-0.4, -0.2) is 19.4 Å². The van der Waals surface area contributed by atoms with Crippen molar-refractivity contribution in [1.29, 1.82) is 0 Å². The summed E-state index contributed by atoms with van der Waals surface area (Å²) in [5.74, 6) is -0.440. The molecule has 3 nitrogen and oxygen atoms in total. The summed E-state index contributed by atoms with van der Waals surface area (Å²) in [6.45, 7) is 9.39. The molecule has 0 N–H and O–H groups in total. The van der Waals surface area contributed by atoms with E-state index in [0.29, 0.717) is 0 Å². The van der Waals surface area contributed by atoms with E-state index in [1.807, 2.05) is 32.1 Å². The smallest absolute Gasteiger partial charge is 0.312 e. The highest BCUT2D eigenvalue weighted by Gasteiger charge is 2.42. The molecule has 19 heavy (non-hydrogen) atoms. The predicted molar refractivity (Wildman–Crippen MR) is 77.7 cm³/mol. The maximum atomic E-state index is 12.1. The number of rotatable bonds is 8. The van der Waals surface area contributed by atoms with Crippen molar-refractivity contribution < 1.29 is 14.3 Å². The van der Waals surface area contributed by atoms with Gasteiger partial charge in [-0.2, -0.15) is 0 Å². The highest BCUT2D eigenvalue weighted by atomic mass is 16.5. The van der Waals surface area contributed by atoms with Crippen molar-refractivity contribution in [2.24, 2.45) is 11.3 Å². The van der Waals surface area contributed by atoms with Crippen LogP contribution in [0.15, 0.2) is 36.5 Å². The Bertz CT molecular complexity index is 379. The number of allylic oxidation sites excluding steroid dienone is 5. The van der Waals surface area contributed by atoms with Crippen molar-refractivity contribution in [3.63, 3.8) is 0 Å². The first-order valence-electron chi connectivity index (χ1n) is 6.49. The van der Waals surface area contributed by atoms with Crippen molar-refractivity contribution in [3.8, 4) is 0 Å². The number of carbonyl (C=O) groups is 2. The largest absolute Gasteiger partial charge is 0.469 e. The number of hydrogen-bond acceptors (Lipinski definition) is 3. The lowest BCUT2D eigenvalue weighted by molar-refractivity contribution is -0.155. The van der Waals surface area contributed by atoms with Crippen LogP contribution in [0.5, 0.6) is 0 Å². The lowest BCUT2D eigenvalue weighted by Crippen LogP contribution is -2.38. The van der Waals surface area contributed by atoms with Gasteiger partial charge in [-0.3, -0.25) is 4.79 Å². The Balaban J connectivity index is 5.70.